The minimum absolute atomic E-state index is 0.0104. The molecule has 1 aliphatic heterocycles. The van der Waals surface area contributed by atoms with Crippen molar-refractivity contribution in [2.24, 2.45) is 0 Å². The maximum Gasteiger partial charge on any atom is 0.282 e. The monoisotopic (exact) mass is 442 g/mol. The van der Waals surface area contributed by atoms with Crippen LogP contribution in [0.2, 0.25) is 0 Å². The van der Waals surface area contributed by atoms with E-state index in [2.05, 4.69) is 5.32 Å². The second kappa shape index (κ2) is 8.19. The standard InChI is InChI=1S/C22H16F2N2O4S/c1-29-13-6-8-17(30-2)16(11-13)25-20-19(18-4-3-9-31-18)21(27)26(22(20)28)12-5-7-14(23)15(24)10-12/h3-11,25H,1-2H3. The molecule has 0 spiro atoms. The zero-order valence-electron chi connectivity index (χ0n) is 16.4. The first-order valence-electron chi connectivity index (χ1n) is 9.05. The van der Waals surface area contributed by atoms with E-state index < -0.39 is 23.4 Å². The van der Waals surface area contributed by atoms with E-state index in [1.165, 1.54) is 31.6 Å². The van der Waals surface area contributed by atoms with Crippen molar-refractivity contribution < 1.29 is 27.8 Å². The Kier molecular flexibility index (Phi) is 5.43. The Bertz CT molecular complexity index is 1210. The Morgan fingerprint density at radius 2 is 1.74 bits per heavy atom. The number of hydrogen-bond donors (Lipinski definition) is 1. The number of halogens is 2. The molecule has 0 saturated heterocycles. The zero-order chi connectivity index (χ0) is 22.1. The van der Waals surface area contributed by atoms with Gasteiger partial charge in [-0.3, -0.25) is 9.59 Å². The lowest BCUT2D eigenvalue weighted by atomic mass is 10.1. The van der Waals surface area contributed by atoms with Crippen molar-refractivity contribution in [3.63, 3.8) is 0 Å². The molecule has 0 bridgehead atoms. The van der Waals surface area contributed by atoms with E-state index in [9.17, 15) is 18.4 Å². The third kappa shape index (κ3) is 3.64. The fourth-order valence-electron chi connectivity index (χ4n) is 3.20. The van der Waals surface area contributed by atoms with Crippen LogP contribution in [-0.2, 0) is 9.59 Å². The maximum absolute atomic E-state index is 13.8. The van der Waals surface area contributed by atoms with Gasteiger partial charge in [-0.2, -0.15) is 0 Å². The lowest BCUT2D eigenvalue weighted by Crippen LogP contribution is -2.32. The number of amides is 2. The first-order valence-corrected chi connectivity index (χ1v) is 9.93. The van der Waals surface area contributed by atoms with Crippen molar-refractivity contribution >= 4 is 40.1 Å². The van der Waals surface area contributed by atoms with Crippen LogP contribution in [-0.4, -0.2) is 26.0 Å². The van der Waals surface area contributed by atoms with E-state index >= 15 is 0 Å². The number of hydrogen-bond acceptors (Lipinski definition) is 6. The summed E-state index contributed by atoms with van der Waals surface area (Å²) in [7, 11) is 2.97. The molecule has 6 nitrogen and oxygen atoms in total. The predicted molar refractivity (Wildman–Crippen MR) is 113 cm³/mol. The number of carbonyl (C=O) groups is 2. The lowest BCUT2D eigenvalue weighted by molar-refractivity contribution is -0.120. The summed E-state index contributed by atoms with van der Waals surface area (Å²) in [5.74, 6) is -2.66. The number of anilines is 2. The summed E-state index contributed by atoms with van der Waals surface area (Å²) in [5, 5.41) is 4.75. The van der Waals surface area contributed by atoms with Crippen molar-refractivity contribution in [2.75, 3.05) is 24.4 Å². The fraction of sp³-hybridized carbons (Fsp3) is 0.0909. The van der Waals surface area contributed by atoms with E-state index in [-0.39, 0.29) is 17.0 Å². The van der Waals surface area contributed by atoms with Crippen LogP contribution in [0.1, 0.15) is 4.88 Å². The molecule has 2 aromatic carbocycles. The topological polar surface area (TPSA) is 67.9 Å². The average molecular weight is 442 g/mol. The van der Waals surface area contributed by atoms with Gasteiger partial charge in [-0.05, 0) is 35.7 Å². The number of rotatable bonds is 6. The van der Waals surface area contributed by atoms with Crippen LogP contribution in [0.15, 0.2) is 59.6 Å². The molecule has 0 aliphatic carbocycles. The molecule has 0 fully saturated rings. The van der Waals surface area contributed by atoms with Gasteiger partial charge >= 0.3 is 0 Å². The minimum atomic E-state index is -1.16. The third-order valence-corrected chi connectivity index (χ3v) is 5.57. The number of benzene rings is 2. The van der Waals surface area contributed by atoms with Crippen LogP contribution < -0.4 is 19.7 Å². The van der Waals surface area contributed by atoms with Crippen molar-refractivity contribution in [3.05, 3.63) is 76.1 Å². The molecule has 0 atom stereocenters. The van der Waals surface area contributed by atoms with Gasteiger partial charge in [-0.1, -0.05) is 6.07 Å². The summed E-state index contributed by atoms with van der Waals surface area (Å²) in [6.07, 6.45) is 0. The van der Waals surface area contributed by atoms with E-state index in [1.54, 1.807) is 35.7 Å². The van der Waals surface area contributed by atoms with Crippen molar-refractivity contribution in [2.45, 2.75) is 0 Å². The van der Waals surface area contributed by atoms with E-state index in [1.807, 2.05) is 0 Å². The summed E-state index contributed by atoms with van der Waals surface area (Å²) in [6.45, 7) is 0. The smallest absolute Gasteiger partial charge is 0.282 e. The predicted octanol–water partition coefficient (Wildman–Crippen LogP) is 4.44. The van der Waals surface area contributed by atoms with Gasteiger partial charge in [0.05, 0.1) is 31.2 Å². The summed E-state index contributed by atoms with van der Waals surface area (Å²) < 4.78 is 37.8. The number of nitrogens with one attached hydrogen (secondary N) is 1. The molecule has 1 aliphatic rings. The number of thiophene rings is 1. The summed E-state index contributed by atoms with van der Waals surface area (Å²) in [6, 6.07) is 11.3. The van der Waals surface area contributed by atoms with E-state index in [0.717, 1.165) is 17.0 Å². The quantitative estimate of drug-likeness (QED) is 0.572. The first kappa shape index (κ1) is 20.5. The Hall–Kier alpha value is -3.72. The molecule has 2 heterocycles. The first-order chi connectivity index (χ1) is 14.9. The van der Waals surface area contributed by atoms with Gasteiger partial charge in [0.2, 0.25) is 0 Å². The molecule has 1 aromatic heterocycles. The van der Waals surface area contributed by atoms with Crippen LogP contribution in [0.5, 0.6) is 11.5 Å². The molecular formula is C22H16F2N2O4S. The Labute approximate surface area is 180 Å². The minimum Gasteiger partial charge on any atom is -0.497 e. The number of ether oxygens (including phenoxy) is 2. The van der Waals surface area contributed by atoms with Gasteiger partial charge in [-0.15, -0.1) is 11.3 Å². The van der Waals surface area contributed by atoms with Crippen molar-refractivity contribution in [1.82, 2.24) is 0 Å². The van der Waals surface area contributed by atoms with Crippen molar-refractivity contribution in [1.29, 1.82) is 0 Å². The van der Waals surface area contributed by atoms with Gasteiger partial charge in [0.25, 0.3) is 11.8 Å². The van der Waals surface area contributed by atoms with Crippen LogP contribution in [0.4, 0.5) is 20.2 Å². The van der Waals surface area contributed by atoms with Crippen LogP contribution in [0, 0.1) is 11.6 Å². The molecule has 158 valence electrons. The molecule has 0 radical (unpaired) electrons. The summed E-state index contributed by atoms with van der Waals surface area (Å²) in [5.41, 5.74) is 0.440. The molecule has 0 saturated carbocycles. The van der Waals surface area contributed by atoms with E-state index in [0.29, 0.717) is 22.1 Å². The van der Waals surface area contributed by atoms with Gasteiger partial charge in [0.15, 0.2) is 11.6 Å². The second-order valence-corrected chi connectivity index (χ2v) is 7.41. The third-order valence-electron chi connectivity index (χ3n) is 4.68. The fourth-order valence-corrected chi connectivity index (χ4v) is 3.97. The highest BCUT2D eigenvalue weighted by Crippen LogP contribution is 2.38. The van der Waals surface area contributed by atoms with Gasteiger partial charge in [0.1, 0.15) is 17.2 Å². The molecule has 31 heavy (non-hydrogen) atoms. The summed E-state index contributed by atoms with van der Waals surface area (Å²) >= 11 is 1.27. The van der Waals surface area contributed by atoms with E-state index in [4.69, 9.17) is 9.47 Å². The summed E-state index contributed by atoms with van der Waals surface area (Å²) in [4.78, 5) is 27.9. The molecule has 3 aromatic rings. The second-order valence-electron chi connectivity index (χ2n) is 6.46. The molecule has 1 N–H and O–H groups in total. The highest BCUT2D eigenvalue weighted by molar-refractivity contribution is 7.11. The molecule has 9 heteroatoms. The average Bonchev–Trinajstić information content (AvgIpc) is 3.37. The normalized spacial score (nSPS) is 13.7. The maximum atomic E-state index is 13.8. The Morgan fingerprint density at radius 3 is 2.39 bits per heavy atom. The molecule has 0 unspecified atom stereocenters. The largest absolute Gasteiger partial charge is 0.497 e. The van der Waals surface area contributed by atoms with Gasteiger partial charge in [-0.25, -0.2) is 13.7 Å². The van der Waals surface area contributed by atoms with Crippen molar-refractivity contribution in [3.8, 4) is 11.5 Å². The van der Waals surface area contributed by atoms with Crippen LogP contribution >= 0.6 is 11.3 Å². The lowest BCUT2D eigenvalue weighted by Gasteiger charge is -2.16. The van der Waals surface area contributed by atoms with Crippen LogP contribution in [0.25, 0.3) is 5.57 Å². The number of imide groups is 1. The Balaban J connectivity index is 1.82. The molecule has 4 rings (SSSR count). The highest BCUT2D eigenvalue weighted by atomic mass is 32.1. The number of carbonyl (C=O) groups excluding carboxylic acids is 2. The highest BCUT2D eigenvalue weighted by Gasteiger charge is 2.41. The van der Waals surface area contributed by atoms with Gasteiger partial charge in [0, 0.05) is 17.0 Å². The number of methoxy groups -OCH3 is 2. The number of nitrogens with zero attached hydrogens (tertiary/aromatic N) is 1. The molecular weight excluding hydrogens is 426 g/mol. The van der Waals surface area contributed by atoms with Gasteiger partial charge < -0.3 is 14.8 Å². The Morgan fingerprint density at radius 1 is 0.935 bits per heavy atom. The molecule has 2 amide bonds. The zero-order valence-corrected chi connectivity index (χ0v) is 17.3. The van der Waals surface area contributed by atoms with Crippen LogP contribution in [0.3, 0.4) is 0 Å². The SMILES string of the molecule is COc1ccc(OC)c(NC2=C(c3cccs3)C(=O)N(c3ccc(F)c(F)c3)C2=O)c1.